The third kappa shape index (κ3) is 2.79. The van der Waals surface area contributed by atoms with Crippen LogP contribution in [0.1, 0.15) is 36.2 Å². The molecule has 0 spiro atoms. The molecule has 3 rings (SSSR count). The topological polar surface area (TPSA) is 87.7 Å². The van der Waals surface area contributed by atoms with Crippen molar-refractivity contribution < 1.29 is 17.9 Å². The number of fused-ring (bicyclic) bond motifs is 1. The maximum absolute atomic E-state index is 13.4. The van der Waals surface area contributed by atoms with Gasteiger partial charge in [0.15, 0.2) is 0 Å². The number of aromatic nitrogens is 2. The van der Waals surface area contributed by atoms with Gasteiger partial charge in [-0.15, -0.1) is 5.10 Å². The van der Waals surface area contributed by atoms with Gasteiger partial charge in [0.05, 0.1) is 16.5 Å². The van der Waals surface area contributed by atoms with Crippen molar-refractivity contribution in [3.8, 4) is 11.9 Å². The van der Waals surface area contributed by atoms with E-state index in [1.165, 1.54) is 0 Å². The number of nitrogens with zero attached hydrogens (tertiary/aromatic N) is 2. The van der Waals surface area contributed by atoms with Crippen LogP contribution < -0.4 is 10.5 Å². The van der Waals surface area contributed by atoms with Crippen molar-refractivity contribution in [3.63, 3.8) is 0 Å². The summed E-state index contributed by atoms with van der Waals surface area (Å²) in [5.41, 5.74) is 5.35. The minimum Gasteiger partial charge on any atom is -0.420 e. The fourth-order valence-electron chi connectivity index (χ4n) is 3.74. The van der Waals surface area contributed by atoms with E-state index < -0.39 is 17.2 Å². The minimum atomic E-state index is -4.54. The second kappa shape index (κ2) is 6.30. The first-order chi connectivity index (χ1) is 12.5. The Labute approximate surface area is 162 Å². The SMILES string of the molecule is Cc1[nH]nc2c1C(c1cc(Br)cc(C(F)(F)F)c1)(C(C)C)C(C#N)=C(N)O2. The molecule has 5 nitrogen and oxygen atoms in total. The molecule has 1 aromatic carbocycles. The summed E-state index contributed by atoms with van der Waals surface area (Å²) < 4.78 is 46.1. The predicted octanol–water partition coefficient (Wildman–Crippen LogP) is 4.53. The van der Waals surface area contributed by atoms with Crippen LogP contribution in [0.3, 0.4) is 0 Å². The molecular weight excluding hydrogens is 425 g/mol. The van der Waals surface area contributed by atoms with Crippen LogP contribution >= 0.6 is 15.9 Å². The summed E-state index contributed by atoms with van der Waals surface area (Å²) in [7, 11) is 0. The lowest BCUT2D eigenvalue weighted by Gasteiger charge is -2.41. The van der Waals surface area contributed by atoms with Gasteiger partial charge in [0.2, 0.25) is 11.8 Å². The number of alkyl halides is 3. The first-order valence-corrected chi connectivity index (χ1v) is 8.84. The Bertz CT molecular complexity index is 987. The summed E-state index contributed by atoms with van der Waals surface area (Å²) in [5.74, 6) is -0.329. The number of nitrogens with one attached hydrogen (secondary N) is 1. The number of rotatable bonds is 2. The summed E-state index contributed by atoms with van der Waals surface area (Å²) >= 11 is 3.17. The summed E-state index contributed by atoms with van der Waals surface area (Å²) in [6.07, 6.45) is -4.54. The van der Waals surface area contributed by atoms with Gasteiger partial charge < -0.3 is 10.5 Å². The molecule has 142 valence electrons. The van der Waals surface area contributed by atoms with Crippen molar-refractivity contribution in [3.05, 3.63) is 56.5 Å². The zero-order chi connectivity index (χ0) is 20.1. The summed E-state index contributed by atoms with van der Waals surface area (Å²) in [6.45, 7) is 5.37. The molecule has 3 N–H and O–H groups in total. The molecule has 2 aromatic rings. The lowest BCUT2D eigenvalue weighted by Crippen LogP contribution is -2.41. The zero-order valence-electron chi connectivity index (χ0n) is 14.7. The molecule has 1 atom stereocenters. The highest BCUT2D eigenvalue weighted by Gasteiger charge is 2.51. The van der Waals surface area contributed by atoms with Gasteiger partial charge in [-0.3, -0.25) is 5.10 Å². The molecular formula is C18H16BrF3N4O. The number of hydrogen-bond donors (Lipinski definition) is 2. The Balaban J connectivity index is 2.47. The van der Waals surface area contributed by atoms with Gasteiger partial charge in [-0.05, 0) is 36.6 Å². The molecule has 0 fully saturated rings. The third-order valence-corrected chi connectivity index (χ3v) is 5.27. The number of ether oxygens (including phenoxy) is 1. The molecule has 2 heterocycles. The number of aromatic amines is 1. The number of allylic oxidation sites excluding steroid dienone is 1. The van der Waals surface area contributed by atoms with E-state index in [-0.39, 0.29) is 33.3 Å². The first kappa shape index (κ1) is 19.3. The number of H-pyrrole nitrogens is 1. The van der Waals surface area contributed by atoms with Crippen LogP contribution in [0.4, 0.5) is 13.2 Å². The van der Waals surface area contributed by atoms with Crippen LogP contribution in [0, 0.1) is 24.2 Å². The van der Waals surface area contributed by atoms with Gasteiger partial charge in [-0.1, -0.05) is 29.8 Å². The number of aryl methyl sites for hydroxylation is 1. The number of halogens is 4. The van der Waals surface area contributed by atoms with E-state index in [0.29, 0.717) is 11.3 Å². The van der Waals surface area contributed by atoms with E-state index in [2.05, 4.69) is 32.2 Å². The number of benzene rings is 1. The molecule has 0 amide bonds. The monoisotopic (exact) mass is 440 g/mol. The van der Waals surface area contributed by atoms with Crippen LogP contribution in [0.25, 0.3) is 0 Å². The van der Waals surface area contributed by atoms with Crippen LogP contribution in [-0.2, 0) is 11.6 Å². The van der Waals surface area contributed by atoms with Crippen molar-refractivity contribution in [2.45, 2.75) is 32.4 Å². The Morgan fingerprint density at radius 2 is 2.00 bits per heavy atom. The van der Waals surface area contributed by atoms with Crippen LogP contribution in [0.2, 0.25) is 0 Å². The predicted molar refractivity (Wildman–Crippen MR) is 95.5 cm³/mol. The van der Waals surface area contributed by atoms with E-state index >= 15 is 0 Å². The third-order valence-electron chi connectivity index (χ3n) is 4.81. The smallest absolute Gasteiger partial charge is 0.416 e. The summed E-state index contributed by atoms with van der Waals surface area (Å²) in [5, 5.41) is 16.7. The maximum atomic E-state index is 13.4. The Morgan fingerprint density at radius 1 is 1.33 bits per heavy atom. The molecule has 1 unspecified atom stereocenters. The molecule has 1 aliphatic heterocycles. The molecule has 0 bridgehead atoms. The molecule has 1 aromatic heterocycles. The van der Waals surface area contributed by atoms with Gasteiger partial charge in [0.1, 0.15) is 11.6 Å². The lowest BCUT2D eigenvalue weighted by molar-refractivity contribution is -0.137. The second-order valence-corrected chi connectivity index (χ2v) is 7.59. The average molecular weight is 441 g/mol. The Hall–Kier alpha value is -2.47. The molecule has 0 saturated carbocycles. The quantitative estimate of drug-likeness (QED) is 0.717. The number of nitriles is 1. The van der Waals surface area contributed by atoms with Crippen LogP contribution in [-0.4, -0.2) is 10.2 Å². The van der Waals surface area contributed by atoms with Crippen molar-refractivity contribution >= 4 is 15.9 Å². The molecule has 1 aliphatic rings. The van der Waals surface area contributed by atoms with Gasteiger partial charge in [0.25, 0.3) is 0 Å². The first-order valence-electron chi connectivity index (χ1n) is 8.05. The highest BCUT2D eigenvalue weighted by molar-refractivity contribution is 9.10. The Kier molecular flexibility index (Phi) is 4.50. The van der Waals surface area contributed by atoms with Crippen molar-refractivity contribution in [2.75, 3.05) is 0 Å². The fraction of sp³-hybridized carbons (Fsp3) is 0.333. The van der Waals surface area contributed by atoms with E-state index in [1.54, 1.807) is 13.0 Å². The highest BCUT2D eigenvalue weighted by atomic mass is 79.9. The van der Waals surface area contributed by atoms with E-state index in [0.717, 1.165) is 12.1 Å². The van der Waals surface area contributed by atoms with Gasteiger partial charge in [0, 0.05) is 10.2 Å². The van der Waals surface area contributed by atoms with E-state index in [9.17, 15) is 18.4 Å². The van der Waals surface area contributed by atoms with Gasteiger partial charge in [-0.25, -0.2) is 0 Å². The van der Waals surface area contributed by atoms with Crippen LogP contribution in [0.15, 0.2) is 34.1 Å². The summed E-state index contributed by atoms with van der Waals surface area (Å²) in [4.78, 5) is 0. The molecule has 0 radical (unpaired) electrons. The summed E-state index contributed by atoms with van der Waals surface area (Å²) in [6, 6.07) is 5.67. The van der Waals surface area contributed by atoms with Gasteiger partial charge >= 0.3 is 6.18 Å². The van der Waals surface area contributed by atoms with Crippen molar-refractivity contribution in [1.29, 1.82) is 5.26 Å². The highest BCUT2D eigenvalue weighted by Crippen LogP contribution is 2.53. The van der Waals surface area contributed by atoms with Crippen LogP contribution in [0.5, 0.6) is 5.88 Å². The molecule has 9 heteroatoms. The zero-order valence-corrected chi connectivity index (χ0v) is 16.3. The van der Waals surface area contributed by atoms with E-state index in [4.69, 9.17) is 10.5 Å². The second-order valence-electron chi connectivity index (χ2n) is 6.67. The standard InChI is InChI=1S/C18H16BrF3N4O/c1-8(2)17(10-4-11(18(20,21)22)6-12(19)5-10)13(7-23)15(24)27-16-14(17)9(3)25-26-16/h4-6,8H,24H2,1-3H3,(H,25,26). The molecule has 0 saturated heterocycles. The number of nitrogens with two attached hydrogens (primary N) is 1. The lowest BCUT2D eigenvalue weighted by atomic mass is 9.61. The molecule has 27 heavy (non-hydrogen) atoms. The van der Waals surface area contributed by atoms with Crippen molar-refractivity contribution in [1.82, 2.24) is 10.2 Å². The van der Waals surface area contributed by atoms with Crippen molar-refractivity contribution in [2.24, 2.45) is 11.7 Å². The maximum Gasteiger partial charge on any atom is 0.416 e. The normalized spacial score (nSPS) is 19.7. The number of hydrogen-bond acceptors (Lipinski definition) is 4. The Morgan fingerprint density at radius 3 is 2.56 bits per heavy atom. The van der Waals surface area contributed by atoms with Gasteiger partial charge in [-0.2, -0.15) is 18.4 Å². The largest absolute Gasteiger partial charge is 0.420 e. The molecule has 0 aliphatic carbocycles. The fourth-order valence-corrected chi connectivity index (χ4v) is 4.24. The minimum absolute atomic E-state index is 0.0562. The van der Waals surface area contributed by atoms with E-state index in [1.807, 2.05) is 13.8 Å². The average Bonchev–Trinajstić information content (AvgIpc) is 2.92.